The Hall–Kier alpha value is -2.15. The Morgan fingerprint density at radius 1 is 1.27 bits per heavy atom. The number of amidine groups is 1. The first-order valence-electron chi connectivity index (χ1n) is 7.03. The summed E-state index contributed by atoms with van der Waals surface area (Å²) in [6.07, 6.45) is 0. The van der Waals surface area contributed by atoms with E-state index in [1.807, 2.05) is 6.92 Å². The van der Waals surface area contributed by atoms with E-state index in [1.54, 1.807) is 19.1 Å². The van der Waals surface area contributed by atoms with Crippen molar-refractivity contribution < 1.29 is 18.3 Å². The summed E-state index contributed by atoms with van der Waals surface area (Å²) in [7, 11) is 0. The van der Waals surface area contributed by atoms with Crippen molar-refractivity contribution in [2.24, 2.45) is 4.99 Å². The Bertz CT molecular complexity index is 558. The van der Waals surface area contributed by atoms with Crippen LogP contribution in [-0.2, 0) is 16.1 Å². The van der Waals surface area contributed by atoms with Gasteiger partial charge in [0.1, 0.15) is 31.0 Å². The highest BCUT2D eigenvalue weighted by Crippen LogP contribution is 2.16. The van der Waals surface area contributed by atoms with Crippen LogP contribution >= 0.6 is 0 Å². The maximum absolute atomic E-state index is 13.9. The molecule has 120 valence electrons. The van der Waals surface area contributed by atoms with Gasteiger partial charge >= 0.3 is 0 Å². The predicted octanol–water partition coefficient (Wildman–Crippen LogP) is 2.41. The van der Waals surface area contributed by atoms with Crippen LogP contribution in [0.1, 0.15) is 19.4 Å². The lowest BCUT2D eigenvalue weighted by atomic mass is 10.2. The molecule has 1 atom stereocenters. The summed E-state index contributed by atoms with van der Waals surface area (Å²) in [4.78, 5) is 4.07. The van der Waals surface area contributed by atoms with Crippen molar-refractivity contribution >= 4 is 6.02 Å². The minimum atomic E-state index is -0.645. The van der Waals surface area contributed by atoms with Gasteiger partial charge in [-0.3, -0.25) is 5.32 Å². The molecule has 2 N–H and O–H groups in total. The molecule has 0 aromatic heterocycles. The number of ether oxygens (including phenoxy) is 2. The fourth-order valence-corrected chi connectivity index (χ4v) is 1.80. The molecular formula is C15H19F2N3O2. The zero-order valence-corrected chi connectivity index (χ0v) is 12.5. The van der Waals surface area contributed by atoms with Crippen LogP contribution in [0.25, 0.3) is 0 Å². The number of aliphatic imine (C=N–C) groups is 1. The first-order valence-corrected chi connectivity index (χ1v) is 7.03. The molecule has 0 fully saturated rings. The number of benzene rings is 1. The van der Waals surface area contributed by atoms with Gasteiger partial charge in [-0.25, -0.2) is 13.8 Å². The minimum absolute atomic E-state index is 0.185. The van der Waals surface area contributed by atoms with E-state index in [4.69, 9.17) is 9.47 Å². The topological polar surface area (TPSA) is 54.9 Å². The fraction of sp³-hybridized carbons (Fsp3) is 0.400. The van der Waals surface area contributed by atoms with Gasteiger partial charge in [0.2, 0.25) is 0 Å². The molecule has 1 aromatic carbocycles. The molecule has 22 heavy (non-hydrogen) atoms. The lowest BCUT2D eigenvalue weighted by Crippen LogP contribution is -2.39. The highest BCUT2D eigenvalue weighted by atomic mass is 19.1. The summed E-state index contributed by atoms with van der Waals surface area (Å²) in [5.41, 5.74) is 0.789. The van der Waals surface area contributed by atoms with Crippen LogP contribution in [0.5, 0.6) is 0 Å². The van der Waals surface area contributed by atoms with Crippen LogP contribution < -0.4 is 10.6 Å². The summed E-state index contributed by atoms with van der Waals surface area (Å²) in [5, 5.41) is 5.54. The molecule has 0 saturated carbocycles. The monoisotopic (exact) mass is 311 g/mol. The van der Waals surface area contributed by atoms with Gasteiger partial charge in [-0.05, 0) is 31.5 Å². The average Bonchev–Trinajstić information content (AvgIpc) is 2.51. The van der Waals surface area contributed by atoms with Crippen molar-refractivity contribution in [2.75, 3.05) is 13.3 Å². The second-order valence-electron chi connectivity index (χ2n) is 4.69. The third kappa shape index (κ3) is 4.42. The molecule has 5 nitrogen and oxygen atoms in total. The first-order chi connectivity index (χ1) is 10.6. The number of hydrogen-bond donors (Lipinski definition) is 2. The molecule has 2 rings (SSSR count). The zero-order valence-electron chi connectivity index (χ0n) is 12.5. The van der Waals surface area contributed by atoms with Gasteiger partial charge in [0, 0.05) is 6.61 Å². The van der Waals surface area contributed by atoms with Crippen molar-refractivity contribution in [1.29, 1.82) is 0 Å². The van der Waals surface area contributed by atoms with Crippen LogP contribution in [0.4, 0.5) is 8.78 Å². The Morgan fingerprint density at radius 3 is 2.68 bits per heavy atom. The summed E-state index contributed by atoms with van der Waals surface area (Å²) in [6.45, 7) is 4.39. The Kier molecular flexibility index (Phi) is 5.71. The van der Waals surface area contributed by atoms with Gasteiger partial charge in [0.05, 0.1) is 0 Å². The normalized spacial score (nSPS) is 17.8. The third-order valence-corrected chi connectivity index (χ3v) is 2.99. The van der Waals surface area contributed by atoms with Gasteiger partial charge in [-0.15, -0.1) is 0 Å². The van der Waals surface area contributed by atoms with Crippen LogP contribution in [0.15, 0.2) is 40.9 Å². The Morgan fingerprint density at radius 2 is 2.00 bits per heavy atom. The number of halogens is 2. The second kappa shape index (κ2) is 7.74. The van der Waals surface area contributed by atoms with Crippen LogP contribution in [-0.4, -0.2) is 25.4 Å². The van der Waals surface area contributed by atoms with Gasteiger partial charge in [0.25, 0.3) is 6.02 Å². The van der Waals surface area contributed by atoms with E-state index in [2.05, 4.69) is 15.6 Å². The van der Waals surface area contributed by atoms with E-state index in [0.717, 1.165) is 5.56 Å². The van der Waals surface area contributed by atoms with Gasteiger partial charge in [-0.2, -0.15) is 0 Å². The Balaban J connectivity index is 1.92. The molecule has 0 aliphatic carbocycles. The number of hydrogen-bond acceptors (Lipinski definition) is 5. The smallest absolute Gasteiger partial charge is 0.291 e. The highest BCUT2D eigenvalue weighted by molar-refractivity contribution is 5.77. The molecule has 0 amide bonds. The van der Waals surface area contributed by atoms with E-state index in [1.165, 1.54) is 12.1 Å². The van der Waals surface area contributed by atoms with E-state index in [-0.39, 0.29) is 31.0 Å². The molecule has 1 aliphatic rings. The SMILES string of the molecule is CCOCNC1=C(F)C(C)N=C(OCc2ccc(F)cc2)N1. The molecule has 0 saturated heterocycles. The highest BCUT2D eigenvalue weighted by Gasteiger charge is 2.22. The second-order valence-corrected chi connectivity index (χ2v) is 4.69. The third-order valence-electron chi connectivity index (χ3n) is 2.99. The molecule has 7 heteroatoms. The van der Waals surface area contributed by atoms with Crippen LogP contribution in [0, 0.1) is 5.82 Å². The van der Waals surface area contributed by atoms with Crippen molar-refractivity contribution in [2.45, 2.75) is 26.5 Å². The summed E-state index contributed by atoms with van der Waals surface area (Å²) >= 11 is 0. The molecule has 0 bridgehead atoms. The van der Waals surface area contributed by atoms with Gasteiger partial charge < -0.3 is 14.8 Å². The van der Waals surface area contributed by atoms with Gasteiger partial charge in [-0.1, -0.05) is 12.1 Å². The molecule has 0 radical (unpaired) electrons. The quantitative estimate of drug-likeness (QED) is 0.626. The number of rotatable bonds is 6. The fourth-order valence-electron chi connectivity index (χ4n) is 1.80. The van der Waals surface area contributed by atoms with Gasteiger partial charge in [0.15, 0.2) is 5.83 Å². The maximum atomic E-state index is 13.9. The summed E-state index contributed by atoms with van der Waals surface area (Å²) < 4.78 is 37.4. The number of nitrogens with one attached hydrogen (secondary N) is 2. The number of nitrogens with zero attached hydrogens (tertiary/aromatic N) is 1. The molecule has 1 unspecified atom stereocenters. The maximum Gasteiger partial charge on any atom is 0.291 e. The zero-order chi connectivity index (χ0) is 15.9. The van der Waals surface area contributed by atoms with E-state index >= 15 is 0 Å². The summed E-state index contributed by atoms with van der Waals surface area (Å²) in [5.74, 6) is -0.531. The molecule has 1 aromatic rings. The summed E-state index contributed by atoms with van der Waals surface area (Å²) in [6, 6.07) is 5.50. The molecule has 1 aliphatic heterocycles. The van der Waals surface area contributed by atoms with Crippen LogP contribution in [0.3, 0.4) is 0 Å². The minimum Gasteiger partial charge on any atom is -0.460 e. The van der Waals surface area contributed by atoms with E-state index < -0.39 is 11.9 Å². The standard InChI is InChI=1S/C15H19F2N3O2/c1-3-21-9-18-14-13(17)10(2)19-15(20-14)22-8-11-4-6-12(16)7-5-11/h4-7,10,18H,3,8-9H2,1-2H3,(H,19,20). The van der Waals surface area contributed by atoms with E-state index in [9.17, 15) is 8.78 Å². The Labute approximate surface area is 128 Å². The average molecular weight is 311 g/mol. The molecular weight excluding hydrogens is 292 g/mol. The van der Waals surface area contributed by atoms with Crippen molar-refractivity contribution in [3.8, 4) is 0 Å². The predicted molar refractivity (Wildman–Crippen MR) is 79.0 cm³/mol. The lowest BCUT2D eigenvalue weighted by molar-refractivity contribution is 0.133. The largest absolute Gasteiger partial charge is 0.460 e. The van der Waals surface area contributed by atoms with E-state index in [0.29, 0.717) is 6.61 Å². The van der Waals surface area contributed by atoms with Crippen molar-refractivity contribution in [3.63, 3.8) is 0 Å². The van der Waals surface area contributed by atoms with Crippen LogP contribution in [0.2, 0.25) is 0 Å². The molecule has 0 spiro atoms. The van der Waals surface area contributed by atoms with Crippen molar-refractivity contribution in [3.05, 3.63) is 47.3 Å². The first kappa shape index (κ1) is 16.2. The van der Waals surface area contributed by atoms with Crippen molar-refractivity contribution in [1.82, 2.24) is 10.6 Å². The lowest BCUT2D eigenvalue weighted by Gasteiger charge is -2.22. The molecule has 1 heterocycles.